The lowest BCUT2D eigenvalue weighted by atomic mass is 9.99. The number of rotatable bonds is 3. The number of thiazole rings is 1. The minimum absolute atomic E-state index is 0.0561. The van der Waals surface area contributed by atoms with Crippen LogP contribution in [0.2, 0.25) is 5.02 Å². The first-order valence-corrected chi connectivity index (χ1v) is 11.0. The molecule has 160 valence electrons. The molecule has 32 heavy (non-hydrogen) atoms. The molecule has 1 saturated heterocycles. The molecule has 1 unspecified atom stereocenters. The number of ketones is 1. The van der Waals surface area contributed by atoms with Gasteiger partial charge < -0.3 is 9.52 Å². The van der Waals surface area contributed by atoms with Gasteiger partial charge in [0, 0.05) is 10.6 Å². The first kappa shape index (κ1) is 20.5. The van der Waals surface area contributed by atoms with Crippen LogP contribution in [-0.2, 0) is 9.59 Å². The Morgan fingerprint density at radius 2 is 1.91 bits per heavy atom. The smallest absolute Gasteiger partial charge is 0.302 e. The molecule has 2 aromatic carbocycles. The molecule has 0 bridgehead atoms. The predicted molar refractivity (Wildman–Crippen MR) is 124 cm³/mol. The first-order valence-electron chi connectivity index (χ1n) is 9.83. The summed E-state index contributed by atoms with van der Waals surface area (Å²) in [6.45, 7) is 3.95. The summed E-state index contributed by atoms with van der Waals surface area (Å²) in [5.74, 6) is -1.51. The summed E-state index contributed by atoms with van der Waals surface area (Å²) in [6, 6.07) is 12.8. The molecule has 1 amide bonds. The quantitative estimate of drug-likeness (QED) is 0.236. The van der Waals surface area contributed by atoms with Crippen molar-refractivity contribution >= 4 is 55.7 Å². The van der Waals surface area contributed by atoms with Gasteiger partial charge in [-0.2, -0.15) is 0 Å². The lowest BCUT2D eigenvalue weighted by molar-refractivity contribution is -0.132. The van der Waals surface area contributed by atoms with Gasteiger partial charge in [0.25, 0.3) is 5.78 Å². The lowest BCUT2D eigenvalue weighted by Crippen LogP contribution is -2.29. The average molecular weight is 465 g/mol. The summed E-state index contributed by atoms with van der Waals surface area (Å²) in [5.41, 5.74) is 3.15. The van der Waals surface area contributed by atoms with Gasteiger partial charge in [-0.15, -0.1) is 0 Å². The van der Waals surface area contributed by atoms with Crippen LogP contribution in [0, 0.1) is 13.8 Å². The van der Waals surface area contributed by atoms with E-state index in [2.05, 4.69) is 4.98 Å². The number of fused-ring (bicyclic) bond motifs is 1. The van der Waals surface area contributed by atoms with Crippen molar-refractivity contribution in [1.82, 2.24) is 4.98 Å². The number of aromatic nitrogens is 1. The summed E-state index contributed by atoms with van der Waals surface area (Å²) in [4.78, 5) is 32.3. The third-order valence-electron chi connectivity index (χ3n) is 5.40. The molecular formula is C24H17ClN2O4S. The molecule has 1 aliphatic rings. The van der Waals surface area contributed by atoms with E-state index in [0.717, 1.165) is 21.3 Å². The Hall–Kier alpha value is -3.42. The first-order chi connectivity index (χ1) is 15.3. The second-order valence-electron chi connectivity index (χ2n) is 7.62. The number of anilines is 1. The standard InChI is InChI=1S/C24H17ClN2O4S/c1-12-10-13(2)19-17(11-12)32-24(26-19)27-20(16-4-3-9-31-16)18(22(29)23(27)30)21(28)14-5-7-15(25)8-6-14/h3-11,20,28H,1-2H3/b21-18+. The monoisotopic (exact) mass is 464 g/mol. The highest BCUT2D eigenvalue weighted by atomic mass is 35.5. The van der Waals surface area contributed by atoms with Crippen LogP contribution in [0.3, 0.4) is 0 Å². The number of benzene rings is 2. The Balaban J connectivity index is 1.72. The molecule has 0 radical (unpaired) electrons. The molecular weight excluding hydrogens is 448 g/mol. The van der Waals surface area contributed by atoms with E-state index in [1.807, 2.05) is 26.0 Å². The fraction of sp³-hybridized carbons (Fsp3) is 0.125. The number of furan rings is 1. The van der Waals surface area contributed by atoms with Crippen molar-refractivity contribution < 1.29 is 19.1 Å². The van der Waals surface area contributed by atoms with E-state index in [-0.39, 0.29) is 11.3 Å². The van der Waals surface area contributed by atoms with E-state index in [9.17, 15) is 14.7 Å². The molecule has 3 heterocycles. The zero-order chi connectivity index (χ0) is 22.6. The molecule has 1 atom stereocenters. The minimum atomic E-state index is -0.942. The molecule has 6 nitrogen and oxygen atoms in total. The van der Waals surface area contributed by atoms with E-state index in [1.54, 1.807) is 36.4 Å². The van der Waals surface area contributed by atoms with E-state index in [4.69, 9.17) is 16.0 Å². The van der Waals surface area contributed by atoms with Crippen molar-refractivity contribution in [2.45, 2.75) is 19.9 Å². The summed E-state index contributed by atoms with van der Waals surface area (Å²) >= 11 is 7.27. The fourth-order valence-electron chi connectivity index (χ4n) is 3.97. The molecule has 0 spiro atoms. The molecule has 8 heteroatoms. The van der Waals surface area contributed by atoms with Crippen LogP contribution in [0.5, 0.6) is 0 Å². The number of aliphatic hydroxyl groups is 1. The second-order valence-corrected chi connectivity index (χ2v) is 9.06. The normalized spacial score (nSPS) is 18.1. The Morgan fingerprint density at radius 3 is 2.59 bits per heavy atom. The average Bonchev–Trinajstić information content (AvgIpc) is 3.47. The van der Waals surface area contributed by atoms with Gasteiger partial charge in [-0.05, 0) is 67.4 Å². The number of carbonyl (C=O) groups excluding carboxylic acids is 2. The Labute approximate surface area is 192 Å². The highest BCUT2D eigenvalue weighted by Gasteiger charge is 2.49. The molecule has 2 aromatic heterocycles. The van der Waals surface area contributed by atoms with Gasteiger partial charge >= 0.3 is 5.91 Å². The van der Waals surface area contributed by atoms with Gasteiger partial charge in [-0.1, -0.05) is 29.0 Å². The third kappa shape index (κ3) is 3.21. The third-order valence-corrected chi connectivity index (χ3v) is 6.65. The summed E-state index contributed by atoms with van der Waals surface area (Å²) < 4.78 is 6.49. The maximum atomic E-state index is 13.2. The molecule has 1 N–H and O–H groups in total. The van der Waals surface area contributed by atoms with Gasteiger partial charge in [-0.25, -0.2) is 4.98 Å². The van der Waals surface area contributed by atoms with Crippen LogP contribution >= 0.6 is 22.9 Å². The van der Waals surface area contributed by atoms with E-state index >= 15 is 0 Å². The van der Waals surface area contributed by atoms with Crippen LogP contribution in [-0.4, -0.2) is 21.8 Å². The van der Waals surface area contributed by atoms with Gasteiger partial charge in [0.2, 0.25) is 0 Å². The van der Waals surface area contributed by atoms with Crippen molar-refractivity contribution in [1.29, 1.82) is 0 Å². The highest BCUT2D eigenvalue weighted by Crippen LogP contribution is 2.44. The largest absolute Gasteiger partial charge is 0.507 e. The van der Waals surface area contributed by atoms with E-state index in [0.29, 0.717) is 21.5 Å². The van der Waals surface area contributed by atoms with Crippen molar-refractivity contribution in [3.05, 3.63) is 87.8 Å². The van der Waals surface area contributed by atoms with Crippen LogP contribution in [0.1, 0.15) is 28.5 Å². The number of carbonyl (C=O) groups is 2. The van der Waals surface area contributed by atoms with Crippen molar-refractivity contribution in [3.63, 3.8) is 0 Å². The molecule has 5 rings (SSSR count). The summed E-state index contributed by atoms with van der Waals surface area (Å²) in [5, 5.41) is 11.9. The van der Waals surface area contributed by atoms with Crippen LogP contribution in [0.15, 0.2) is 64.8 Å². The second kappa shape index (κ2) is 7.62. The minimum Gasteiger partial charge on any atom is -0.507 e. The van der Waals surface area contributed by atoms with Crippen LogP contribution in [0.25, 0.3) is 16.0 Å². The number of Topliss-reactive ketones (excluding diaryl/α,β-unsaturated/α-hetero) is 1. The maximum Gasteiger partial charge on any atom is 0.302 e. The zero-order valence-electron chi connectivity index (χ0n) is 17.1. The van der Waals surface area contributed by atoms with Gasteiger partial charge in [0.1, 0.15) is 17.6 Å². The Bertz CT molecular complexity index is 1400. The van der Waals surface area contributed by atoms with Crippen molar-refractivity contribution in [2.24, 2.45) is 0 Å². The Kier molecular flexibility index (Phi) is 4.87. The fourth-order valence-corrected chi connectivity index (χ4v) is 5.27. The van der Waals surface area contributed by atoms with Gasteiger partial charge in [0.05, 0.1) is 22.1 Å². The van der Waals surface area contributed by atoms with Crippen molar-refractivity contribution in [2.75, 3.05) is 4.90 Å². The topological polar surface area (TPSA) is 83.6 Å². The Morgan fingerprint density at radius 1 is 1.16 bits per heavy atom. The maximum absolute atomic E-state index is 13.2. The van der Waals surface area contributed by atoms with Crippen molar-refractivity contribution in [3.8, 4) is 0 Å². The molecule has 4 aromatic rings. The number of aryl methyl sites for hydroxylation is 2. The van der Waals surface area contributed by atoms with E-state index in [1.165, 1.54) is 22.5 Å². The van der Waals surface area contributed by atoms with Crippen LogP contribution < -0.4 is 4.90 Å². The summed E-state index contributed by atoms with van der Waals surface area (Å²) in [6.07, 6.45) is 1.46. The lowest BCUT2D eigenvalue weighted by Gasteiger charge is -2.20. The molecule has 1 fully saturated rings. The molecule has 1 aliphatic heterocycles. The SMILES string of the molecule is Cc1cc(C)c2nc(N3C(=O)C(=O)/C(=C(/O)c4ccc(Cl)cc4)C3c3ccco3)sc2c1. The highest BCUT2D eigenvalue weighted by molar-refractivity contribution is 7.22. The number of halogens is 1. The molecule has 0 saturated carbocycles. The number of aliphatic hydroxyl groups excluding tert-OH is 1. The zero-order valence-corrected chi connectivity index (χ0v) is 18.7. The predicted octanol–water partition coefficient (Wildman–Crippen LogP) is 5.79. The van der Waals surface area contributed by atoms with Crippen LogP contribution in [0.4, 0.5) is 5.13 Å². The number of hydrogen-bond donors (Lipinski definition) is 1. The van der Waals surface area contributed by atoms with E-state index < -0.39 is 17.7 Å². The summed E-state index contributed by atoms with van der Waals surface area (Å²) in [7, 11) is 0. The van der Waals surface area contributed by atoms with Gasteiger partial charge in [0.15, 0.2) is 5.13 Å². The van der Waals surface area contributed by atoms with Gasteiger partial charge in [-0.3, -0.25) is 14.5 Å². The number of nitrogens with zero attached hydrogens (tertiary/aromatic N) is 2. The number of hydrogen-bond acceptors (Lipinski definition) is 6. The number of amides is 1. The molecule has 0 aliphatic carbocycles.